The van der Waals surface area contributed by atoms with Crippen LogP contribution < -0.4 is 4.74 Å². The van der Waals surface area contributed by atoms with E-state index in [1.807, 2.05) is 32.9 Å². The molecule has 3 aromatic rings. The summed E-state index contributed by atoms with van der Waals surface area (Å²) in [5, 5.41) is 28.3. The second-order valence-electron chi connectivity index (χ2n) is 7.89. The third-order valence-electron chi connectivity index (χ3n) is 5.70. The van der Waals surface area contributed by atoms with Crippen molar-refractivity contribution in [2.45, 2.75) is 26.8 Å². The van der Waals surface area contributed by atoms with E-state index < -0.39 is 6.04 Å². The van der Waals surface area contributed by atoms with Crippen LogP contribution in [0.5, 0.6) is 17.2 Å². The molecule has 0 saturated heterocycles. The SMILES string of the molecule is CCOc1cc(C2c3c(-c4cc(C)cc(C)c4O)n[nH]c3C(=O)N2CCOC)ccc1O. The van der Waals surface area contributed by atoms with Gasteiger partial charge in [-0.25, -0.2) is 0 Å². The molecule has 2 aromatic carbocycles. The van der Waals surface area contributed by atoms with Gasteiger partial charge in [0.25, 0.3) is 5.91 Å². The molecule has 1 atom stereocenters. The molecule has 0 saturated carbocycles. The maximum absolute atomic E-state index is 13.3. The average molecular weight is 437 g/mol. The lowest BCUT2D eigenvalue weighted by molar-refractivity contribution is 0.0677. The number of rotatable bonds is 7. The first-order chi connectivity index (χ1) is 15.4. The van der Waals surface area contributed by atoms with E-state index in [-0.39, 0.29) is 17.4 Å². The molecular formula is C24H27N3O5. The zero-order valence-electron chi connectivity index (χ0n) is 18.6. The highest BCUT2D eigenvalue weighted by atomic mass is 16.5. The number of aromatic amines is 1. The lowest BCUT2D eigenvalue weighted by Gasteiger charge is -2.26. The van der Waals surface area contributed by atoms with Gasteiger partial charge in [0, 0.05) is 24.8 Å². The molecule has 3 N–H and O–H groups in total. The molecule has 4 rings (SSSR count). The minimum Gasteiger partial charge on any atom is -0.507 e. The maximum Gasteiger partial charge on any atom is 0.273 e. The third kappa shape index (κ3) is 3.56. The van der Waals surface area contributed by atoms with E-state index in [0.717, 1.165) is 16.7 Å². The largest absolute Gasteiger partial charge is 0.507 e. The van der Waals surface area contributed by atoms with Crippen molar-refractivity contribution in [3.05, 3.63) is 58.3 Å². The molecule has 1 unspecified atom stereocenters. The molecule has 0 bridgehead atoms. The molecule has 168 valence electrons. The lowest BCUT2D eigenvalue weighted by Crippen LogP contribution is -2.32. The van der Waals surface area contributed by atoms with Crippen molar-refractivity contribution in [3.63, 3.8) is 0 Å². The molecule has 2 heterocycles. The van der Waals surface area contributed by atoms with Crippen LogP contribution in [0.25, 0.3) is 11.3 Å². The zero-order chi connectivity index (χ0) is 23.0. The number of aromatic nitrogens is 2. The Bertz CT molecular complexity index is 1170. The second-order valence-corrected chi connectivity index (χ2v) is 7.89. The Hall–Kier alpha value is -3.52. The number of nitrogens with zero attached hydrogens (tertiary/aromatic N) is 2. The van der Waals surface area contributed by atoms with Crippen molar-refractivity contribution < 1.29 is 24.5 Å². The van der Waals surface area contributed by atoms with E-state index in [1.165, 1.54) is 0 Å². The van der Waals surface area contributed by atoms with E-state index >= 15 is 0 Å². The van der Waals surface area contributed by atoms with Crippen molar-refractivity contribution in [2.24, 2.45) is 0 Å². The Morgan fingerprint density at radius 2 is 1.97 bits per heavy atom. The lowest BCUT2D eigenvalue weighted by atomic mass is 9.94. The van der Waals surface area contributed by atoms with Crippen LogP contribution in [0.1, 0.15) is 45.7 Å². The highest BCUT2D eigenvalue weighted by molar-refractivity contribution is 6.00. The van der Waals surface area contributed by atoms with Gasteiger partial charge in [-0.2, -0.15) is 5.10 Å². The summed E-state index contributed by atoms with van der Waals surface area (Å²) in [6.45, 7) is 6.75. The van der Waals surface area contributed by atoms with Crippen molar-refractivity contribution in [3.8, 4) is 28.5 Å². The number of methoxy groups -OCH3 is 1. The molecule has 1 amide bonds. The number of carbonyl (C=O) groups is 1. The van der Waals surface area contributed by atoms with Crippen LogP contribution in [-0.4, -0.2) is 58.1 Å². The number of nitrogens with one attached hydrogen (secondary N) is 1. The van der Waals surface area contributed by atoms with E-state index in [1.54, 1.807) is 30.2 Å². The number of fused-ring (bicyclic) bond motifs is 1. The molecule has 0 fully saturated rings. The first-order valence-corrected chi connectivity index (χ1v) is 10.5. The number of aromatic hydroxyl groups is 2. The van der Waals surface area contributed by atoms with E-state index in [2.05, 4.69) is 10.2 Å². The minimum absolute atomic E-state index is 0.0305. The van der Waals surface area contributed by atoms with Crippen molar-refractivity contribution in [1.82, 2.24) is 15.1 Å². The summed E-state index contributed by atoms with van der Waals surface area (Å²) in [6, 6.07) is 8.34. The van der Waals surface area contributed by atoms with E-state index in [0.29, 0.717) is 48.0 Å². The fourth-order valence-corrected chi connectivity index (χ4v) is 4.28. The van der Waals surface area contributed by atoms with Crippen molar-refractivity contribution in [1.29, 1.82) is 0 Å². The molecule has 1 aliphatic rings. The Morgan fingerprint density at radius 1 is 1.19 bits per heavy atom. The molecule has 1 aliphatic heterocycles. The standard InChI is InChI=1S/C24H27N3O5/c1-5-32-18-12-15(6-7-17(18)28)22-19-20(16-11-13(2)10-14(3)23(16)29)25-26-21(19)24(30)27(22)8-9-31-4/h6-7,10-12,22,28-29H,5,8-9H2,1-4H3,(H,25,26). The fourth-order valence-electron chi connectivity index (χ4n) is 4.28. The van der Waals surface area contributed by atoms with Crippen LogP contribution in [0, 0.1) is 13.8 Å². The zero-order valence-corrected chi connectivity index (χ0v) is 18.6. The monoisotopic (exact) mass is 437 g/mol. The summed E-state index contributed by atoms with van der Waals surface area (Å²) in [6.07, 6.45) is 0. The van der Waals surface area contributed by atoms with Gasteiger partial charge < -0.3 is 24.6 Å². The second kappa shape index (κ2) is 8.55. The number of hydrogen-bond donors (Lipinski definition) is 3. The van der Waals surface area contributed by atoms with Crippen LogP contribution in [0.2, 0.25) is 0 Å². The number of carbonyl (C=O) groups excluding carboxylic acids is 1. The molecular weight excluding hydrogens is 410 g/mol. The Balaban J connectivity index is 1.91. The summed E-state index contributed by atoms with van der Waals surface area (Å²) >= 11 is 0. The van der Waals surface area contributed by atoms with Gasteiger partial charge in [-0.3, -0.25) is 9.89 Å². The quantitative estimate of drug-likeness (QED) is 0.520. The van der Waals surface area contributed by atoms with E-state index in [9.17, 15) is 15.0 Å². The predicted octanol–water partition coefficient (Wildman–Crippen LogP) is 3.70. The summed E-state index contributed by atoms with van der Waals surface area (Å²) in [5.74, 6) is 0.308. The van der Waals surface area contributed by atoms with Crippen molar-refractivity contribution >= 4 is 5.91 Å². The predicted molar refractivity (Wildman–Crippen MR) is 119 cm³/mol. The average Bonchev–Trinajstić information content (AvgIpc) is 3.30. The van der Waals surface area contributed by atoms with Crippen LogP contribution in [0.15, 0.2) is 30.3 Å². The molecule has 0 spiro atoms. The smallest absolute Gasteiger partial charge is 0.273 e. The van der Waals surface area contributed by atoms with Gasteiger partial charge >= 0.3 is 0 Å². The number of H-pyrrole nitrogens is 1. The van der Waals surface area contributed by atoms with Crippen molar-refractivity contribution in [2.75, 3.05) is 26.9 Å². The van der Waals surface area contributed by atoms with Crippen LogP contribution in [-0.2, 0) is 4.74 Å². The number of phenolic OH excluding ortho intramolecular Hbond substituents is 2. The van der Waals surface area contributed by atoms with Gasteiger partial charge in [0.15, 0.2) is 11.5 Å². The summed E-state index contributed by atoms with van der Waals surface area (Å²) in [7, 11) is 1.59. The number of hydrogen-bond acceptors (Lipinski definition) is 6. The Morgan fingerprint density at radius 3 is 2.69 bits per heavy atom. The summed E-state index contributed by atoms with van der Waals surface area (Å²) in [5.41, 5.74) is 4.62. The molecule has 1 aromatic heterocycles. The Kier molecular flexibility index (Phi) is 5.80. The number of benzene rings is 2. The van der Waals surface area contributed by atoms with Gasteiger partial charge in [-0.05, 0) is 55.7 Å². The first-order valence-electron chi connectivity index (χ1n) is 10.5. The highest BCUT2D eigenvalue weighted by Crippen LogP contribution is 2.46. The molecule has 32 heavy (non-hydrogen) atoms. The van der Waals surface area contributed by atoms with Gasteiger partial charge in [0.1, 0.15) is 17.1 Å². The number of amides is 1. The highest BCUT2D eigenvalue weighted by Gasteiger charge is 2.42. The van der Waals surface area contributed by atoms with Gasteiger partial charge in [-0.1, -0.05) is 12.1 Å². The van der Waals surface area contributed by atoms with Crippen LogP contribution in [0.4, 0.5) is 0 Å². The molecule has 8 nitrogen and oxygen atoms in total. The number of phenols is 2. The summed E-state index contributed by atoms with van der Waals surface area (Å²) in [4.78, 5) is 15.0. The summed E-state index contributed by atoms with van der Waals surface area (Å²) < 4.78 is 10.8. The van der Waals surface area contributed by atoms with Crippen LogP contribution in [0.3, 0.4) is 0 Å². The van der Waals surface area contributed by atoms with Gasteiger partial charge in [0.2, 0.25) is 0 Å². The normalized spacial score (nSPS) is 15.3. The fraction of sp³-hybridized carbons (Fsp3) is 0.333. The van der Waals surface area contributed by atoms with E-state index in [4.69, 9.17) is 9.47 Å². The van der Waals surface area contributed by atoms with Gasteiger partial charge in [0.05, 0.1) is 19.3 Å². The molecule has 0 aliphatic carbocycles. The Labute approximate surface area is 186 Å². The van der Waals surface area contributed by atoms with Gasteiger partial charge in [-0.15, -0.1) is 0 Å². The maximum atomic E-state index is 13.3. The topological polar surface area (TPSA) is 108 Å². The number of aryl methyl sites for hydroxylation is 2. The number of ether oxygens (including phenoxy) is 2. The van der Waals surface area contributed by atoms with Crippen LogP contribution >= 0.6 is 0 Å². The minimum atomic E-state index is -0.485. The molecule has 8 heteroatoms. The third-order valence-corrected chi connectivity index (χ3v) is 5.70. The first kappa shape index (κ1) is 21.7. The molecule has 0 radical (unpaired) electrons.